The van der Waals surface area contributed by atoms with Crippen molar-refractivity contribution < 1.29 is 18.0 Å². The molecule has 1 aromatic carbocycles. The summed E-state index contributed by atoms with van der Waals surface area (Å²) in [5, 5.41) is 13.9. The summed E-state index contributed by atoms with van der Waals surface area (Å²) in [7, 11) is 0. The van der Waals surface area contributed by atoms with E-state index in [0.717, 1.165) is 25.0 Å². The zero-order valence-corrected chi connectivity index (χ0v) is 10.9. The van der Waals surface area contributed by atoms with Crippen molar-refractivity contribution in [1.29, 1.82) is 5.26 Å². The molecule has 1 aliphatic rings. The van der Waals surface area contributed by atoms with Gasteiger partial charge in [0.1, 0.15) is 11.6 Å². The Balaban J connectivity index is 2.15. The number of nitrogens with one attached hydrogen (secondary N) is 2. The van der Waals surface area contributed by atoms with Crippen LogP contribution in [0.25, 0.3) is 0 Å². The highest BCUT2D eigenvalue weighted by Gasteiger charge is 2.33. The minimum Gasteiger partial charge on any atom is -0.387 e. The predicted molar refractivity (Wildman–Crippen MR) is 69.9 cm³/mol. The van der Waals surface area contributed by atoms with E-state index in [-0.39, 0.29) is 17.3 Å². The number of carbonyl (C=O) groups is 1. The van der Waals surface area contributed by atoms with Crippen molar-refractivity contribution >= 4 is 11.6 Å². The van der Waals surface area contributed by atoms with E-state index in [4.69, 9.17) is 5.26 Å². The van der Waals surface area contributed by atoms with Crippen LogP contribution in [-0.2, 0) is 11.0 Å². The monoisotopic (exact) mass is 295 g/mol. The van der Waals surface area contributed by atoms with Crippen molar-refractivity contribution in [2.24, 2.45) is 0 Å². The van der Waals surface area contributed by atoms with Crippen LogP contribution in [0.15, 0.2) is 36.0 Å². The Bertz CT molecular complexity index is 613. The van der Waals surface area contributed by atoms with Crippen molar-refractivity contribution in [2.45, 2.75) is 25.1 Å². The molecule has 1 fully saturated rings. The summed E-state index contributed by atoms with van der Waals surface area (Å²) in [5.41, 5.74) is -1.59. The Morgan fingerprint density at radius 2 is 2.00 bits per heavy atom. The van der Waals surface area contributed by atoms with Gasteiger partial charge in [-0.25, -0.2) is 0 Å². The Morgan fingerprint density at radius 3 is 2.57 bits per heavy atom. The minimum atomic E-state index is -4.58. The molecule has 7 heteroatoms. The third-order valence-electron chi connectivity index (χ3n) is 2.89. The molecule has 0 saturated heterocycles. The van der Waals surface area contributed by atoms with Crippen LogP contribution in [0.1, 0.15) is 18.4 Å². The second-order valence-electron chi connectivity index (χ2n) is 4.61. The van der Waals surface area contributed by atoms with Crippen LogP contribution >= 0.6 is 0 Å². The quantitative estimate of drug-likeness (QED) is 0.663. The van der Waals surface area contributed by atoms with Gasteiger partial charge >= 0.3 is 6.18 Å². The maximum atomic E-state index is 12.8. The summed E-state index contributed by atoms with van der Waals surface area (Å²) in [4.78, 5) is 11.8. The predicted octanol–water partition coefficient (Wildman–Crippen LogP) is 2.80. The molecule has 0 aromatic heterocycles. The smallest absolute Gasteiger partial charge is 0.387 e. The van der Waals surface area contributed by atoms with Gasteiger partial charge in [-0.05, 0) is 25.0 Å². The van der Waals surface area contributed by atoms with Crippen molar-refractivity contribution in [2.75, 3.05) is 5.32 Å². The van der Waals surface area contributed by atoms with E-state index in [2.05, 4.69) is 10.6 Å². The van der Waals surface area contributed by atoms with Crippen LogP contribution in [0.5, 0.6) is 0 Å². The Morgan fingerprint density at radius 1 is 1.33 bits per heavy atom. The fourth-order valence-corrected chi connectivity index (χ4v) is 1.63. The average Bonchev–Trinajstić information content (AvgIpc) is 3.23. The van der Waals surface area contributed by atoms with E-state index in [1.807, 2.05) is 0 Å². The molecule has 1 aromatic rings. The molecule has 1 aliphatic carbocycles. The molecule has 0 unspecified atom stereocenters. The molecule has 0 aliphatic heterocycles. The molecular weight excluding hydrogens is 283 g/mol. The van der Waals surface area contributed by atoms with Gasteiger partial charge in [-0.2, -0.15) is 18.4 Å². The second-order valence-corrected chi connectivity index (χ2v) is 4.61. The maximum Gasteiger partial charge on any atom is 0.418 e. The maximum absolute atomic E-state index is 12.8. The largest absolute Gasteiger partial charge is 0.418 e. The molecular formula is C14H12F3N3O. The third kappa shape index (κ3) is 3.99. The number of amides is 1. The molecule has 0 heterocycles. The average molecular weight is 295 g/mol. The standard InChI is InChI=1S/C14H12F3N3O/c15-14(16,17)11-3-1-2-4-12(11)20-13(21)9(7-18)8-19-10-5-6-10/h1-4,8,10,19H,5-6H2,(H,20,21)/b9-8-. The van der Waals surface area contributed by atoms with E-state index in [0.29, 0.717) is 0 Å². The first kappa shape index (κ1) is 14.9. The van der Waals surface area contributed by atoms with Crippen molar-refractivity contribution in [3.63, 3.8) is 0 Å². The summed E-state index contributed by atoms with van der Waals surface area (Å²) in [6.45, 7) is 0. The molecule has 1 amide bonds. The lowest BCUT2D eigenvalue weighted by atomic mass is 10.1. The normalized spacial score (nSPS) is 15.2. The van der Waals surface area contributed by atoms with Crippen LogP contribution in [-0.4, -0.2) is 11.9 Å². The van der Waals surface area contributed by atoms with Crippen molar-refractivity contribution in [3.8, 4) is 6.07 Å². The number of benzene rings is 1. The SMILES string of the molecule is N#C/C(=C/NC1CC1)C(=O)Nc1ccccc1C(F)(F)F. The number of hydrogen-bond acceptors (Lipinski definition) is 3. The second kappa shape index (κ2) is 5.87. The molecule has 0 spiro atoms. The van der Waals surface area contributed by atoms with Gasteiger partial charge in [0.15, 0.2) is 0 Å². The van der Waals surface area contributed by atoms with Gasteiger partial charge in [-0.1, -0.05) is 12.1 Å². The number of halogens is 3. The molecule has 0 bridgehead atoms. The highest BCUT2D eigenvalue weighted by Crippen LogP contribution is 2.34. The molecule has 4 nitrogen and oxygen atoms in total. The molecule has 0 radical (unpaired) electrons. The Labute approximate surface area is 119 Å². The number of hydrogen-bond donors (Lipinski definition) is 2. The summed E-state index contributed by atoms with van der Waals surface area (Å²) in [6.07, 6.45) is -1.43. The fraction of sp³-hybridized carbons (Fsp3) is 0.286. The van der Waals surface area contributed by atoms with E-state index in [1.54, 1.807) is 6.07 Å². The van der Waals surface area contributed by atoms with E-state index >= 15 is 0 Å². The number of carbonyl (C=O) groups excluding carboxylic acids is 1. The number of alkyl halides is 3. The fourth-order valence-electron chi connectivity index (χ4n) is 1.63. The van der Waals surface area contributed by atoms with Gasteiger partial charge in [-0.3, -0.25) is 4.79 Å². The summed E-state index contributed by atoms with van der Waals surface area (Å²) in [6, 6.07) is 6.53. The van der Waals surface area contributed by atoms with Crippen LogP contribution in [0.3, 0.4) is 0 Å². The van der Waals surface area contributed by atoms with Crippen LogP contribution in [0, 0.1) is 11.3 Å². The van der Waals surface area contributed by atoms with Crippen molar-refractivity contribution in [1.82, 2.24) is 5.32 Å². The summed E-state index contributed by atoms with van der Waals surface area (Å²) in [5.74, 6) is -0.873. The minimum absolute atomic E-state index is 0.239. The van der Waals surface area contributed by atoms with Gasteiger partial charge in [0.05, 0.1) is 11.3 Å². The highest BCUT2D eigenvalue weighted by atomic mass is 19.4. The summed E-state index contributed by atoms with van der Waals surface area (Å²) >= 11 is 0. The van der Waals surface area contributed by atoms with E-state index < -0.39 is 17.6 Å². The van der Waals surface area contributed by atoms with Gasteiger partial charge < -0.3 is 10.6 Å². The summed E-state index contributed by atoms with van der Waals surface area (Å²) < 4.78 is 38.4. The number of nitriles is 1. The topological polar surface area (TPSA) is 64.9 Å². The van der Waals surface area contributed by atoms with Gasteiger partial charge in [-0.15, -0.1) is 0 Å². The van der Waals surface area contributed by atoms with E-state index in [1.165, 1.54) is 18.3 Å². The first-order valence-corrected chi connectivity index (χ1v) is 6.25. The zero-order valence-electron chi connectivity index (χ0n) is 10.9. The molecule has 1 saturated carbocycles. The van der Waals surface area contributed by atoms with E-state index in [9.17, 15) is 18.0 Å². The van der Waals surface area contributed by atoms with Gasteiger partial charge in [0, 0.05) is 12.2 Å². The molecule has 110 valence electrons. The molecule has 0 atom stereocenters. The number of para-hydroxylation sites is 1. The van der Waals surface area contributed by atoms with Crippen LogP contribution in [0.2, 0.25) is 0 Å². The number of nitrogens with zero attached hydrogens (tertiary/aromatic N) is 1. The lowest BCUT2D eigenvalue weighted by molar-refractivity contribution is -0.136. The van der Waals surface area contributed by atoms with Crippen LogP contribution in [0.4, 0.5) is 18.9 Å². The lowest BCUT2D eigenvalue weighted by Gasteiger charge is -2.13. The molecule has 2 rings (SSSR count). The van der Waals surface area contributed by atoms with Crippen molar-refractivity contribution in [3.05, 3.63) is 41.6 Å². The first-order chi connectivity index (χ1) is 9.91. The Kier molecular flexibility index (Phi) is 4.17. The lowest BCUT2D eigenvalue weighted by Crippen LogP contribution is -2.19. The van der Waals surface area contributed by atoms with Gasteiger partial charge in [0.2, 0.25) is 0 Å². The first-order valence-electron chi connectivity index (χ1n) is 6.25. The third-order valence-corrected chi connectivity index (χ3v) is 2.89. The highest BCUT2D eigenvalue weighted by molar-refractivity contribution is 6.06. The van der Waals surface area contributed by atoms with Crippen LogP contribution < -0.4 is 10.6 Å². The molecule has 2 N–H and O–H groups in total. The zero-order chi connectivity index (χ0) is 15.5. The Hall–Kier alpha value is -2.49. The van der Waals surface area contributed by atoms with Gasteiger partial charge in [0.25, 0.3) is 5.91 Å². The number of rotatable bonds is 4. The molecule has 21 heavy (non-hydrogen) atoms. The number of anilines is 1.